The van der Waals surface area contributed by atoms with Gasteiger partial charge in [-0.1, -0.05) is 18.2 Å². The SMILES string of the molecule is CC(C)(C)OC(=O)N1CCC[C@@H]1CCC(=O)NCCSCc1ccccc1C#N. The van der Waals surface area contributed by atoms with E-state index >= 15 is 0 Å². The van der Waals surface area contributed by atoms with Gasteiger partial charge in [-0.15, -0.1) is 0 Å². The molecule has 1 aliphatic heterocycles. The Morgan fingerprint density at radius 3 is 2.83 bits per heavy atom. The number of ether oxygens (including phenoxy) is 1. The average Bonchev–Trinajstić information content (AvgIpc) is 3.14. The Hall–Kier alpha value is -2.20. The third kappa shape index (κ3) is 7.98. The maximum absolute atomic E-state index is 12.3. The molecule has 2 amide bonds. The van der Waals surface area contributed by atoms with E-state index in [0.29, 0.717) is 31.5 Å². The smallest absolute Gasteiger partial charge is 0.410 e. The number of nitrogens with zero attached hydrogens (tertiary/aromatic N) is 2. The first-order chi connectivity index (χ1) is 13.8. The second-order valence-electron chi connectivity index (χ2n) is 8.18. The van der Waals surface area contributed by atoms with Crippen LogP contribution in [-0.2, 0) is 15.3 Å². The minimum absolute atomic E-state index is 0.0130. The van der Waals surface area contributed by atoms with E-state index in [0.717, 1.165) is 29.9 Å². The molecule has 1 atom stereocenters. The molecule has 1 fully saturated rings. The molecule has 29 heavy (non-hydrogen) atoms. The van der Waals surface area contributed by atoms with Gasteiger partial charge < -0.3 is 15.0 Å². The molecule has 2 rings (SSSR count). The van der Waals surface area contributed by atoms with Crippen molar-refractivity contribution in [1.82, 2.24) is 10.2 Å². The number of thioether (sulfide) groups is 1. The number of nitriles is 1. The van der Waals surface area contributed by atoms with E-state index in [1.165, 1.54) is 0 Å². The average molecular weight is 418 g/mol. The highest BCUT2D eigenvalue weighted by Crippen LogP contribution is 2.24. The first-order valence-corrected chi connectivity index (χ1v) is 11.3. The monoisotopic (exact) mass is 417 g/mol. The van der Waals surface area contributed by atoms with Crippen molar-refractivity contribution in [3.8, 4) is 6.07 Å². The normalized spacial score (nSPS) is 16.3. The Morgan fingerprint density at radius 1 is 1.34 bits per heavy atom. The molecule has 0 saturated carbocycles. The molecule has 0 aromatic heterocycles. The van der Waals surface area contributed by atoms with Gasteiger partial charge >= 0.3 is 6.09 Å². The van der Waals surface area contributed by atoms with Crippen LogP contribution in [0.3, 0.4) is 0 Å². The summed E-state index contributed by atoms with van der Waals surface area (Å²) in [7, 11) is 0. The summed E-state index contributed by atoms with van der Waals surface area (Å²) in [6, 6.07) is 9.85. The van der Waals surface area contributed by atoms with E-state index in [9.17, 15) is 9.59 Å². The lowest BCUT2D eigenvalue weighted by Crippen LogP contribution is -2.40. The van der Waals surface area contributed by atoms with Gasteiger partial charge in [0.15, 0.2) is 0 Å². The molecule has 0 unspecified atom stereocenters. The number of likely N-dealkylation sites (tertiary alicyclic amines) is 1. The molecular formula is C22H31N3O3S. The van der Waals surface area contributed by atoms with Crippen molar-refractivity contribution in [2.24, 2.45) is 0 Å². The van der Waals surface area contributed by atoms with Crippen LogP contribution >= 0.6 is 11.8 Å². The molecule has 6 nitrogen and oxygen atoms in total. The Balaban J connectivity index is 1.64. The van der Waals surface area contributed by atoms with Crippen LogP contribution in [0.25, 0.3) is 0 Å². The van der Waals surface area contributed by atoms with Gasteiger partial charge in [0.2, 0.25) is 5.91 Å². The predicted octanol–water partition coefficient (Wildman–Crippen LogP) is 4.09. The quantitative estimate of drug-likeness (QED) is 0.644. The third-order valence-corrected chi connectivity index (χ3v) is 5.68. The van der Waals surface area contributed by atoms with Crippen LogP contribution in [0.2, 0.25) is 0 Å². The van der Waals surface area contributed by atoms with Crippen LogP contribution in [0.5, 0.6) is 0 Å². The number of hydrogen-bond donors (Lipinski definition) is 1. The van der Waals surface area contributed by atoms with Crippen LogP contribution in [0.15, 0.2) is 24.3 Å². The molecule has 1 heterocycles. The van der Waals surface area contributed by atoms with Gasteiger partial charge in [0.1, 0.15) is 5.60 Å². The number of rotatable bonds is 8. The van der Waals surface area contributed by atoms with Crippen molar-refractivity contribution in [1.29, 1.82) is 5.26 Å². The molecule has 0 radical (unpaired) electrons. The zero-order chi connectivity index (χ0) is 21.3. The molecule has 7 heteroatoms. The van der Waals surface area contributed by atoms with Crippen LogP contribution in [0.4, 0.5) is 4.79 Å². The van der Waals surface area contributed by atoms with Crippen LogP contribution < -0.4 is 5.32 Å². The molecule has 0 bridgehead atoms. The van der Waals surface area contributed by atoms with Gasteiger partial charge in [0.25, 0.3) is 0 Å². The van der Waals surface area contributed by atoms with Crippen molar-refractivity contribution >= 4 is 23.8 Å². The summed E-state index contributed by atoms with van der Waals surface area (Å²) < 4.78 is 5.47. The molecule has 1 aliphatic rings. The summed E-state index contributed by atoms with van der Waals surface area (Å²) in [6.07, 6.45) is 2.65. The van der Waals surface area contributed by atoms with E-state index in [2.05, 4.69) is 11.4 Å². The molecule has 1 aromatic carbocycles. The maximum Gasteiger partial charge on any atom is 0.410 e. The number of benzene rings is 1. The van der Waals surface area contributed by atoms with Gasteiger partial charge in [0, 0.05) is 37.1 Å². The zero-order valence-electron chi connectivity index (χ0n) is 17.6. The third-order valence-electron chi connectivity index (χ3n) is 4.67. The summed E-state index contributed by atoms with van der Waals surface area (Å²) in [5, 5.41) is 12.0. The second kappa shape index (κ2) is 11.1. The topological polar surface area (TPSA) is 82.4 Å². The minimum Gasteiger partial charge on any atom is -0.444 e. The van der Waals surface area contributed by atoms with Crippen molar-refractivity contribution in [3.05, 3.63) is 35.4 Å². The number of nitrogens with one attached hydrogen (secondary N) is 1. The van der Waals surface area contributed by atoms with E-state index < -0.39 is 5.60 Å². The van der Waals surface area contributed by atoms with Gasteiger partial charge in [-0.2, -0.15) is 17.0 Å². The molecular weight excluding hydrogens is 386 g/mol. The maximum atomic E-state index is 12.3. The first kappa shape index (κ1) is 23.1. The Bertz CT molecular complexity index is 740. The Labute approximate surface area is 178 Å². The number of amides is 2. The highest BCUT2D eigenvalue weighted by molar-refractivity contribution is 7.98. The van der Waals surface area contributed by atoms with Crippen LogP contribution in [-0.4, -0.2) is 47.4 Å². The Kier molecular flexibility index (Phi) is 8.84. The van der Waals surface area contributed by atoms with Gasteiger partial charge in [-0.05, 0) is 51.7 Å². The second-order valence-corrected chi connectivity index (χ2v) is 9.29. The summed E-state index contributed by atoms with van der Waals surface area (Å²) in [4.78, 5) is 26.2. The lowest BCUT2D eigenvalue weighted by atomic mass is 10.1. The standard InChI is InChI=1S/C22H31N3O3S/c1-22(2,3)28-21(27)25-13-6-9-19(25)10-11-20(26)24-12-14-29-16-18-8-5-4-7-17(18)15-23/h4-5,7-8,19H,6,9-14,16H2,1-3H3,(H,24,26)/t19-/m1/s1. The summed E-state index contributed by atoms with van der Waals surface area (Å²) in [5.41, 5.74) is 1.22. The van der Waals surface area contributed by atoms with Crippen molar-refractivity contribution in [3.63, 3.8) is 0 Å². The van der Waals surface area contributed by atoms with Crippen LogP contribution in [0, 0.1) is 11.3 Å². The number of carbonyl (C=O) groups is 2. The van der Waals surface area contributed by atoms with Crippen LogP contribution in [0.1, 0.15) is 57.6 Å². The van der Waals surface area contributed by atoms with E-state index in [-0.39, 0.29) is 18.0 Å². The Morgan fingerprint density at radius 2 is 2.10 bits per heavy atom. The van der Waals surface area contributed by atoms with E-state index in [1.54, 1.807) is 16.7 Å². The molecule has 0 spiro atoms. The lowest BCUT2D eigenvalue weighted by Gasteiger charge is -2.28. The fourth-order valence-corrected chi connectivity index (χ4v) is 4.15. The van der Waals surface area contributed by atoms with Crippen molar-refractivity contribution < 1.29 is 14.3 Å². The van der Waals surface area contributed by atoms with Gasteiger partial charge in [0.05, 0.1) is 11.6 Å². The zero-order valence-corrected chi connectivity index (χ0v) is 18.4. The molecule has 1 aromatic rings. The predicted molar refractivity (Wildman–Crippen MR) is 116 cm³/mol. The fraction of sp³-hybridized carbons (Fsp3) is 0.591. The highest BCUT2D eigenvalue weighted by Gasteiger charge is 2.32. The minimum atomic E-state index is -0.507. The van der Waals surface area contributed by atoms with Crippen molar-refractivity contribution in [2.45, 2.75) is 63.9 Å². The fourth-order valence-electron chi connectivity index (χ4n) is 3.28. The molecule has 0 aliphatic carbocycles. The summed E-state index contributed by atoms with van der Waals surface area (Å²) in [5.74, 6) is 1.56. The number of hydrogen-bond acceptors (Lipinski definition) is 5. The molecule has 158 valence electrons. The summed E-state index contributed by atoms with van der Waals surface area (Å²) in [6.45, 7) is 6.88. The molecule has 1 saturated heterocycles. The molecule has 1 N–H and O–H groups in total. The number of carbonyl (C=O) groups excluding carboxylic acids is 2. The largest absolute Gasteiger partial charge is 0.444 e. The lowest BCUT2D eigenvalue weighted by molar-refractivity contribution is -0.121. The van der Waals surface area contributed by atoms with E-state index in [4.69, 9.17) is 10.00 Å². The van der Waals surface area contributed by atoms with Gasteiger partial charge in [-0.25, -0.2) is 4.79 Å². The first-order valence-electron chi connectivity index (χ1n) is 10.1. The summed E-state index contributed by atoms with van der Waals surface area (Å²) >= 11 is 1.70. The van der Waals surface area contributed by atoms with Crippen molar-refractivity contribution in [2.75, 3.05) is 18.8 Å². The van der Waals surface area contributed by atoms with Gasteiger partial charge in [-0.3, -0.25) is 4.79 Å². The highest BCUT2D eigenvalue weighted by atomic mass is 32.2. The van der Waals surface area contributed by atoms with E-state index in [1.807, 2.05) is 45.0 Å².